The van der Waals surface area contributed by atoms with Gasteiger partial charge in [-0.25, -0.2) is 9.97 Å². The van der Waals surface area contributed by atoms with Crippen molar-refractivity contribution in [2.75, 3.05) is 26.8 Å². The van der Waals surface area contributed by atoms with Crippen LogP contribution in [0.25, 0.3) is 11.2 Å². The highest BCUT2D eigenvalue weighted by atomic mass is 19.4. The highest BCUT2D eigenvalue weighted by Crippen LogP contribution is 2.31. The highest BCUT2D eigenvalue weighted by molar-refractivity contribution is 5.94. The molecule has 0 bridgehead atoms. The summed E-state index contributed by atoms with van der Waals surface area (Å²) in [5.74, 6) is 0.599. The Labute approximate surface area is 171 Å². The predicted octanol–water partition coefficient (Wildman–Crippen LogP) is 3.73. The van der Waals surface area contributed by atoms with Gasteiger partial charge in [0.15, 0.2) is 5.65 Å². The molecule has 1 fully saturated rings. The minimum absolute atomic E-state index is 0.0226. The third kappa shape index (κ3) is 3.89. The van der Waals surface area contributed by atoms with Gasteiger partial charge in [0.2, 0.25) is 0 Å². The van der Waals surface area contributed by atoms with E-state index < -0.39 is 11.7 Å². The number of hydrogen-bond acceptors (Lipinski definition) is 4. The van der Waals surface area contributed by atoms with Gasteiger partial charge in [-0.2, -0.15) is 13.2 Å². The number of fused-ring (bicyclic) bond motifs is 1. The van der Waals surface area contributed by atoms with E-state index in [-0.39, 0.29) is 17.4 Å². The van der Waals surface area contributed by atoms with E-state index in [0.29, 0.717) is 26.2 Å². The lowest BCUT2D eigenvalue weighted by molar-refractivity contribution is -0.137. The van der Waals surface area contributed by atoms with Gasteiger partial charge in [0.1, 0.15) is 11.3 Å². The molecule has 1 aliphatic rings. The third-order valence-corrected chi connectivity index (χ3v) is 5.35. The van der Waals surface area contributed by atoms with Crippen molar-refractivity contribution >= 4 is 17.1 Å². The fourth-order valence-corrected chi connectivity index (χ4v) is 3.83. The topological polar surface area (TPSA) is 60.2 Å². The zero-order valence-corrected chi connectivity index (χ0v) is 16.4. The zero-order chi connectivity index (χ0) is 21.3. The number of methoxy groups -OCH3 is 1. The quantitative estimate of drug-likeness (QED) is 0.634. The molecule has 158 valence electrons. The first-order chi connectivity index (χ1) is 14.4. The molecule has 0 N–H and O–H groups in total. The van der Waals surface area contributed by atoms with Crippen LogP contribution in [0.2, 0.25) is 0 Å². The number of rotatable bonds is 5. The molecular weight excluding hydrogens is 397 g/mol. The lowest BCUT2D eigenvalue weighted by Gasteiger charge is -2.17. The molecule has 3 heterocycles. The molecule has 1 amide bonds. The highest BCUT2D eigenvalue weighted by Gasteiger charge is 2.33. The number of alkyl halides is 3. The van der Waals surface area contributed by atoms with E-state index in [1.54, 1.807) is 18.2 Å². The summed E-state index contributed by atoms with van der Waals surface area (Å²) in [6, 6.07) is 8.07. The minimum Gasteiger partial charge on any atom is -0.383 e. The van der Waals surface area contributed by atoms with Gasteiger partial charge in [-0.05, 0) is 42.8 Å². The number of carbonyl (C=O) groups excluding carboxylic acids is 1. The summed E-state index contributed by atoms with van der Waals surface area (Å²) in [4.78, 5) is 23.6. The van der Waals surface area contributed by atoms with Gasteiger partial charge in [-0.1, -0.05) is 0 Å². The Hall–Kier alpha value is -2.94. The molecule has 0 spiro atoms. The number of aromatic nitrogens is 3. The molecule has 0 saturated carbocycles. The second-order valence-corrected chi connectivity index (χ2v) is 7.27. The molecular formula is C21H21F3N4O2. The Morgan fingerprint density at radius 3 is 2.70 bits per heavy atom. The third-order valence-electron chi connectivity index (χ3n) is 5.35. The second-order valence-electron chi connectivity index (χ2n) is 7.27. The fourth-order valence-electron chi connectivity index (χ4n) is 3.83. The number of carbonyl (C=O) groups is 1. The van der Waals surface area contributed by atoms with Gasteiger partial charge in [0.05, 0.1) is 12.2 Å². The number of benzene rings is 1. The summed E-state index contributed by atoms with van der Waals surface area (Å²) in [5, 5.41) is 0. The van der Waals surface area contributed by atoms with E-state index in [1.165, 1.54) is 12.1 Å². The number of pyridine rings is 1. The normalized spacial score (nSPS) is 17.1. The molecule has 1 saturated heterocycles. The summed E-state index contributed by atoms with van der Waals surface area (Å²) in [5.41, 5.74) is 1.05. The molecule has 2 aromatic heterocycles. The summed E-state index contributed by atoms with van der Waals surface area (Å²) < 4.78 is 45.5. The van der Waals surface area contributed by atoms with Crippen LogP contribution in [0.1, 0.15) is 34.1 Å². The molecule has 1 atom stereocenters. The molecule has 0 unspecified atom stereocenters. The maximum Gasteiger partial charge on any atom is 0.416 e. The second kappa shape index (κ2) is 8.06. The molecule has 3 aromatic rings. The summed E-state index contributed by atoms with van der Waals surface area (Å²) in [7, 11) is 1.63. The predicted molar refractivity (Wildman–Crippen MR) is 104 cm³/mol. The van der Waals surface area contributed by atoms with Gasteiger partial charge < -0.3 is 14.2 Å². The van der Waals surface area contributed by atoms with Crippen molar-refractivity contribution < 1.29 is 22.7 Å². The lowest BCUT2D eigenvalue weighted by atomic mass is 10.1. The Bertz CT molecular complexity index is 1050. The summed E-state index contributed by atoms with van der Waals surface area (Å²) >= 11 is 0. The first-order valence-corrected chi connectivity index (χ1v) is 9.65. The fraction of sp³-hybridized carbons (Fsp3) is 0.381. The average Bonchev–Trinajstić information content (AvgIpc) is 3.36. The largest absolute Gasteiger partial charge is 0.416 e. The van der Waals surface area contributed by atoms with Gasteiger partial charge in [-0.3, -0.25) is 4.79 Å². The van der Waals surface area contributed by atoms with Crippen molar-refractivity contribution in [1.29, 1.82) is 0 Å². The van der Waals surface area contributed by atoms with Crippen LogP contribution < -0.4 is 0 Å². The van der Waals surface area contributed by atoms with Gasteiger partial charge >= 0.3 is 6.18 Å². The van der Waals surface area contributed by atoms with Crippen LogP contribution in [-0.4, -0.2) is 52.1 Å². The SMILES string of the molecule is COCCn1c([C@H]2CCN(C(=O)c3ccc(C(F)(F)F)cc3)C2)nc2cccnc21. The number of nitrogens with zero attached hydrogens (tertiary/aromatic N) is 4. The van der Waals surface area contributed by atoms with Gasteiger partial charge in [-0.15, -0.1) is 0 Å². The minimum atomic E-state index is -4.42. The monoisotopic (exact) mass is 418 g/mol. The summed E-state index contributed by atoms with van der Waals surface area (Å²) in [6.45, 7) is 2.08. The molecule has 1 aromatic carbocycles. The van der Waals surface area contributed by atoms with Crippen LogP contribution in [0.5, 0.6) is 0 Å². The average molecular weight is 418 g/mol. The number of amides is 1. The molecule has 0 aliphatic carbocycles. The van der Waals surface area contributed by atoms with Crippen LogP contribution in [0.3, 0.4) is 0 Å². The van der Waals surface area contributed by atoms with Crippen molar-refractivity contribution in [2.24, 2.45) is 0 Å². The van der Waals surface area contributed by atoms with Crippen molar-refractivity contribution in [3.8, 4) is 0 Å². The van der Waals surface area contributed by atoms with E-state index in [2.05, 4.69) is 4.98 Å². The first kappa shape index (κ1) is 20.3. The van der Waals surface area contributed by atoms with Crippen molar-refractivity contribution in [3.05, 3.63) is 59.5 Å². The maximum atomic E-state index is 12.8. The van der Waals surface area contributed by atoms with Crippen LogP contribution >= 0.6 is 0 Å². The molecule has 9 heteroatoms. The number of ether oxygens (including phenoxy) is 1. The number of halogens is 3. The van der Waals surface area contributed by atoms with Crippen LogP contribution in [-0.2, 0) is 17.5 Å². The van der Waals surface area contributed by atoms with Crippen LogP contribution in [0, 0.1) is 0 Å². The number of likely N-dealkylation sites (tertiary alicyclic amines) is 1. The van der Waals surface area contributed by atoms with E-state index in [4.69, 9.17) is 9.72 Å². The van der Waals surface area contributed by atoms with Crippen molar-refractivity contribution in [3.63, 3.8) is 0 Å². The van der Waals surface area contributed by atoms with Crippen molar-refractivity contribution in [2.45, 2.75) is 25.1 Å². The molecule has 4 rings (SSSR count). The Kier molecular flexibility index (Phi) is 5.46. The van der Waals surface area contributed by atoms with Crippen LogP contribution in [0.4, 0.5) is 13.2 Å². The van der Waals surface area contributed by atoms with E-state index in [1.807, 2.05) is 16.7 Å². The van der Waals surface area contributed by atoms with Crippen LogP contribution in [0.15, 0.2) is 42.6 Å². The molecule has 1 aliphatic heterocycles. The summed E-state index contributed by atoms with van der Waals surface area (Å²) in [6.07, 6.45) is -1.98. The van der Waals surface area contributed by atoms with Gasteiger partial charge in [0.25, 0.3) is 5.91 Å². The Morgan fingerprint density at radius 1 is 1.23 bits per heavy atom. The van der Waals surface area contributed by atoms with Gasteiger partial charge in [0, 0.05) is 44.4 Å². The number of hydrogen-bond donors (Lipinski definition) is 0. The number of imidazole rings is 1. The molecule has 30 heavy (non-hydrogen) atoms. The Balaban J connectivity index is 1.54. The standard InChI is InChI=1S/C21H21F3N4O2/c1-30-12-11-28-18(26-17-3-2-9-25-19(17)28)15-8-10-27(13-15)20(29)14-4-6-16(7-5-14)21(22,23)24/h2-7,9,15H,8,10-13H2,1H3/t15-/m0/s1. The van der Waals surface area contributed by atoms with E-state index in [9.17, 15) is 18.0 Å². The maximum absolute atomic E-state index is 12.8. The zero-order valence-electron chi connectivity index (χ0n) is 16.4. The molecule has 0 radical (unpaired) electrons. The Morgan fingerprint density at radius 2 is 2.00 bits per heavy atom. The van der Waals surface area contributed by atoms with E-state index in [0.717, 1.165) is 35.5 Å². The van der Waals surface area contributed by atoms with Crippen molar-refractivity contribution in [1.82, 2.24) is 19.4 Å². The molecule has 6 nitrogen and oxygen atoms in total. The smallest absolute Gasteiger partial charge is 0.383 e. The van der Waals surface area contributed by atoms with E-state index >= 15 is 0 Å². The first-order valence-electron chi connectivity index (χ1n) is 9.65. The lowest BCUT2D eigenvalue weighted by Crippen LogP contribution is -2.29.